The van der Waals surface area contributed by atoms with Gasteiger partial charge in [-0.3, -0.25) is 0 Å². The summed E-state index contributed by atoms with van der Waals surface area (Å²) in [6.45, 7) is 0. The third-order valence-electron chi connectivity index (χ3n) is 3.62. The molecule has 0 aliphatic heterocycles. The van der Waals surface area contributed by atoms with Gasteiger partial charge in [0.1, 0.15) is 0 Å². The number of hydrogen-bond acceptors (Lipinski definition) is 4. The first kappa shape index (κ1) is 12.2. The number of aromatic hydroxyl groups is 1. The summed E-state index contributed by atoms with van der Waals surface area (Å²) in [5, 5.41) is 10.6. The van der Waals surface area contributed by atoms with Crippen LogP contribution in [0.25, 0.3) is 0 Å². The number of rotatable bonds is 1. The Morgan fingerprint density at radius 3 is 2.84 bits per heavy atom. The van der Waals surface area contributed by atoms with Crippen LogP contribution in [0.2, 0.25) is 5.02 Å². The van der Waals surface area contributed by atoms with Gasteiger partial charge in [0, 0.05) is 10.6 Å². The topological polar surface area (TPSA) is 72.0 Å². The molecule has 2 aromatic rings. The highest BCUT2D eigenvalue weighted by Crippen LogP contribution is 2.37. The van der Waals surface area contributed by atoms with Gasteiger partial charge in [-0.2, -0.15) is 4.98 Å². The molecule has 1 aromatic carbocycles. The summed E-state index contributed by atoms with van der Waals surface area (Å²) < 4.78 is 0. The average molecular weight is 276 g/mol. The Balaban J connectivity index is 1.97. The lowest BCUT2D eigenvalue weighted by molar-refractivity contribution is 0.433. The van der Waals surface area contributed by atoms with Gasteiger partial charge in [0.2, 0.25) is 11.8 Å². The molecule has 5 heteroatoms. The summed E-state index contributed by atoms with van der Waals surface area (Å²) in [4.78, 5) is 8.04. The van der Waals surface area contributed by atoms with Gasteiger partial charge in [-0.25, -0.2) is 4.98 Å². The molecule has 0 radical (unpaired) electrons. The predicted octanol–water partition coefficient (Wildman–Crippen LogP) is 2.69. The van der Waals surface area contributed by atoms with E-state index in [-0.39, 0.29) is 11.8 Å². The largest absolute Gasteiger partial charge is 0.493 e. The minimum atomic E-state index is 0.0140. The molecule has 3 rings (SSSR count). The number of benzene rings is 1. The summed E-state index contributed by atoms with van der Waals surface area (Å²) >= 11 is 6.24. The highest BCUT2D eigenvalue weighted by atomic mass is 35.5. The van der Waals surface area contributed by atoms with Crippen molar-refractivity contribution >= 4 is 17.5 Å². The molecule has 1 unspecified atom stereocenters. The van der Waals surface area contributed by atoms with Gasteiger partial charge >= 0.3 is 0 Å². The fourth-order valence-electron chi connectivity index (χ4n) is 2.69. The number of anilines is 1. The molecule has 19 heavy (non-hydrogen) atoms. The molecule has 1 heterocycles. The van der Waals surface area contributed by atoms with E-state index in [0.29, 0.717) is 5.92 Å². The third-order valence-corrected chi connectivity index (χ3v) is 3.96. The van der Waals surface area contributed by atoms with Crippen molar-refractivity contribution in [2.75, 3.05) is 5.73 Å². The summed E-state index contributed by atoms with van der Waals surface area (Å²) in [5.74, 6) is 0.450. The molecule has 1 aliphatic rings. The monoisotopic (exact) mass is 275 g/mol. The van der Waals surface area contributed by atoms with Crippen LogP contribution in [-0.4, -0.2) is 15.1 Å². The summed E-state index contributed by atoms with van der Waals surface area (Å²) in [6.07, 6.45) is 2.41. The number of hydrogen-bond donors (Lipinski definition) is 2. The van der Waals surface area contributed by atoms with Crippen molar-refractivity contribution in [2.24, 2.45) is 0 Å². The molecule has 98 valence electrons. The molecular formula is C14H14ClN3O. The molecule has 4 nitrogen and oxygen atoms in total. The van der Waals surface area contributed by atoms with Crippen LogP contribution in [0, 0.1) is 0 Å². The van der Waals surface area contributed by atoms with E-state index >= 15 is 0 Å². The Kier molecular flexibility index (Phi) is 3.03. The van der Waals surface area contributed by atoms with Crippen LogP contribution in [0.5, 0.6) is 5.88 Å². The van der Waals surface area contributed by atoms with Gasteiger partial charge < -0.3 is 10.8 Å². The normalized spacial score (nSPS) is 18.1. The van der Waals surface area contributed by atoms with E-state index in [2.05, 4.69) is 9.97 Å². The van der Waals surface area contributed by atoms with Gasteiger partial charge in [0.05, 0.1) is 5.69 Å². The second-order valence-corrected chi connectivity index (χ2v) is 5.20. The first-order chi connectivity index (χ1) is 9.15. The van der Waals surface area contributed by atoms with Crippen LogP contribution in [0.1, 0.15) is 29.2 Å². The number of nitrogen functional groups attached to an aromatic ring is 1. The smallest absolute Gasteiger partial charge is 0.223 e. The van der Waals surface area contributed by atoms with Crippen LogP contribution in [0.4, 0.5) is 5.95 Å². The minimum Gasteiger partial charge on any atom is -0.493 e. The lowest BCUT2D eigenvalue weighted by Crippen LogP contribution is -2.16. The van der Waals surface area contributed by atoms with Gasteiger partial charge in [0.15, 0.2) is 0 Å². The van der Waals surface area contributed by atoms with Crippen molar-refractivity contribution in [2.45, 2.75) is 25.2 Å². The Hall–Kier alpha value is -1.81. The maximum Gasteiger partial charge on any atom is 0.223 e. The zero-order valence-corrected chi connectivity index (χ0v) is 11.1. The quantitative estimate of drug-likeness (QED) is 0.839. The van der Waals surface area contributed by atoms with Gasteiger partial charge in [-0.1, -0.05) is 29.8 Å². The van der Waals surface area contributed by atoms with E-state index in [0.717, 1.165) is 41.1 Å². The van der Waals surface area contributed by atoms with Crippen molar-refractivity contribution in [1.82, 2.24) is 9.97 Å². The second kappa shape index (κ2) is 4.70. The van der Waals surface area contributed by atoms with E-state index in [9.17, 15) is 5.11 Å². The summed E-state index contributed by atoms with van der Waals surface area (Å²) in [5.41, 5.74) is 8.37. The van der Waals surface area contributed by atoms with Gasteiger partial charge in [-0.05, 0) is 36.8 Å². The molecule has 0 saturated carbocycles. The number of aromatic nitrogens is 2. The van der Waals surface area contributed by atoms with Crippen LogP contribution in [-0.2, 0) is 12.8 Å². The average Bonchev–Trinajstić information content (AvgIpc) is 2.38. The Morgan fingerprint density at radius 2 is 2.05 bits per heavy atom. The molecular weight excluding hydrogens is 262 g/mol. The first-order valence-corrected chi connectivity index (χ1v) is 6.61. The van der Waals surface area contributed by atoms with Gasteiger partial charge in [0.25, 0.3) is 0 Å². The maximum absolute atomic E-state index is 9.79. The van der Waals surface area contributed by atoms with E-state index in [1.54, 1.807) is 0 Å². The zero-order chi connectivity index (χ0) is 13.4. The highest BCUT2D eigenvalue weighted by molar-refractivity contribution is 6.31. The molecule has 3 N–H and O–H groups in total. The minimum absolute atomic E-state index is 0.0140. The first-order valence-electron chi connectivity index (χ1n) is 6.24. The molecule has 1 atom stereocenters. The molecule has 0 spiro atoms. The van der Waals surface area contributed by atoms with Crippen LogP contribution in [0.3, 0.4) is 0 Å². The lowest BCUT2D eigenvalue weighted by atomic mass is 9.82. The van der Waals surface area contributed by atoms with Gasteiger partial charge in [-0.15, -0.1) is 0 Å². The zero-order valence-electron chi connectivity index (χ0n) is 10.3. The van der Waals surface area contributed by atoms with Crippen molar-refractivity contribution in [3.63, 3.8) is 0 Å². The number of fused-ring (bicyclic) bond motifs is 1. The molecule has 1 aromatic heterocycles. The summed E-state index contributed by atoms with van der Waals surface area (Å²) in [6, 6.07) is 7.86. The maximum atomic E-state index is 9.79. The second-order valence-electron chi connectivity index (χ2n) is 4.79. The SMILES string of the molecule is Nc1nc(O)c2c(n1)CC(c1ccccc1Cl)CC2. The van der Waals surface area contributed by atoms with Crippen molar-refractivity contribution in [3.8, 4) is 5.88 Å². The molecule has 1 aliphatic carbocycles. The van der Waals surface area contributed by atoms with E-state index in [1.165, 1.54) is 0 Å². The standard InChI is InChI=1S/C14H14ClN3O/c15-11-4-2-1-3-9(11)8-5-6-10-12(7-8)17-14(16)18-13(10)19/h1-4,8H,5-7H2,(H3,16,17,18,19). The fraction of sp³-hybridized carbons (Fsp3) is 0.286. The molecule has 0 amide bonds. The fourth-order valence-corrected chi connectivity index (χ4v) is 2.98. The Labute approximate surface area is 116 Å². The number of nitrogens with two attached hydrogens (primary N) is 1. The highest BCUT2D eigenvalue weighted by Gasteiger charge is 2.25. The Morgan fingerprint density at radius 1 is 1.26 bits per heavy atom. The molecule has 0 bridgehead atoms. The van der Waals surface area contributed by atoms with Crippen LogP contribution in [0.15, 0.2) is 24.3 Å². The van der Waals surface area contributed by atoms with E-state index < -0.39 is 0 Å². The number of nitrogens with zero attached hydrogens (tertiary/aromatic N) is 2. The lowest BCUT2D eigenvalue weighted by Gasteiger charge is -2.25. The van der Waals surface area contributed by atoms with Crippen molar-refractivity contribution < 1.29 is 5.11 Å². The summed E-state index contributed by atoms with van der Waals surface area (Å²) in [7, 11) is 0. The van der Waals surface area contributed by atoms with Crippen molar-refractivity contribution in [1.29, 1.82) is 0 Å². The predicted molar refractivity (Wildman–Crippen MR) is 74.3 cm³/mol. The van der Waals surface area contributed by atoms with Crippen molar-refractivity contribution in [3.05, 3.63) is 46.1 Å². The molecule has 0 fully saturated rings. The van der Waals surface area contributed by atoms with E-state index in [4.69, 9.17) is 17.3 Å². The van der Waals surface area contributed by atoms with Crippen LogP contribution >= 0.6 is 11.6 Å². The Bertz CT molecular complexity index is 630. The third kappa shape index (κ3) is 2.24. The number of halogens is 1. The molecule has 0 saturated heterocycles. The van der Waals surface area contributed by atoms with Crippen LogP contribution < -0.4 is 5.73 Å². The van der Waals surface area contributed by atoms with E-state index in [1.807, 2.05) is 24.3 Å².